The number of esters is 2. The summed E-state index contributed by atoms with van der Waals surface area (Å²) in [7, 11) is -3.78. The fraction of sp³-hybridized carbons (Fsp3) is 0.800. The molecule has 0 saturated carbocycles. The molecule has 2 amide bonds. The van der Waals surface area contributed by atoms with Gasteiger partial charge in [-0.2, -0.15) is 0 Å². The van der Waals surface area contributed by atoms with Crippen LogP contribution in [0.5, 0.6) is 0 Å². The number of likely N-dealkylation sites (tertiary alicyclic amines) is 1. The number of hydrogen-bond donors (Lipinski definition) is 0. The van der Waals surface area contributed by atoms with Gasteiger partial charge in [0.15, 0.2) is 15.9 Å². The third-order valence-electron chi connectivity index (χ3n) is 8.43. The van der Waals surface area contributed by atoms with E-state index >= 15 is 0 Å². The van der Waals surface area contributed by atoms with E-state index in [4.69, 9.17) is 9.47 Å². The van der Waals surface area contributed by atoms with E-state index in [9.17, 15) is 27.6 Å². The van der Waals surface area contributed by atoms with Crippen LogP contribution in [0.3, 0.4) is 0 Å². The number of fused-ring (bicyclic) bond motifs is 2. The summed E-state index contributed by atoms with van der Waals surface area (Å²) in [5.74, 6) is -2.38. The molecule has 0 aliphatic carbocycles. The Morgan fingerprint density at radius 2 is 1.59 bits per heavy atom. The normalized spacial score (nSPS) is 35.0. The number of ether oxygens (including phenoxy) is 2. The quantitative estimate of drug-likeness (QED) is 0.145. The van der Waals surface area contributed by atoms with Crippen LogP contribution in [0.25, 0.3) is 0 Å². The van der Waals surface area contributed by atoms with Crippen molar-refractivity contribution in [3.05, 3.63) is 0 Å². The average molecular weight is 585 g/mol. The number of nitrogens with zero attached hydrogens (tertiary/aromatic N) is 4. The number of thioether (sulfide) groups is 1. The molecular weight excluding hydrogens is 548 g/mol. The number of sulfone groups is 1. The van der Waals surface area contributed by atoms with Crippen molar-refractivity contribution in [3.8, 4) is 0 Å². The van der Waals surface area contributed by atoms with Gasteiger partial charge in [-0.1, -0.05) is 12.8 Å². The Balaban J connectivity index is 1.22. The molecule has 5 heterocycles. The van der Waals surface area contributed by atoms with E-state index in [-0.39, 0.29) is 17.7 Å². The van der Waals surface area contributed by atoms with Crippen LogP contribution >= 0.6 is 11.8 Å². The highest BCUT2D eigenvalue weighted by Gasteiger charge is 2.68. The van der Waals surface area contributed by atoms with E-state index in [0.717, 1.165) is 30.8 Å². The molecule has 0 aromatic rings. The van der Waals surface area contributed by atoms with Crippen molar-refractivity contribution in [1.82, 2.24) is 14.7 Å². The fourth-order valence-corrected chi connectivity index (χ4v) is 9.92. The predicted octanol–water partition coefficient (Wildman–Crippen LogP) is 0.888. The lowest BCUT2D eigenvalue weighted by molar-refractivity contribution is -0.196. The van der Waals surface area contributed by atoms with Gasteiger partial charge in [-0.05, 0) is 40.5 Å². The average Bonchev–Trinajstić information content (AvgIpc) is 3.01. The Bertz CT molecular complexity index is 1210. The lowest BCUT2D eigenvalue weighted by atomic mass is 9.96. The van der Waals surface area contributed by atoms with Gasteiger partial charge in [0.05, 0.1) is 17.5 Å². The van der Waals surface area contributed by atoms with Crippen LogP contribution in [0.4, 0.5) is 0 Å². The van der Waals surface area contributed by atoms with Gasteiger partial charge in [-0.15, -0.1) is 11.8 Å². The van der Waals surface area contributed by atoms with E-state index < -0.39 is 67.0 Å². The van der Waals surface area contributed by atoms with Gasteiger partial charge >= 0.3 is 11.9 Å². The molecule has 14 heteroatoms. The molecule has 5 saturated heterocycles. The van der Waals surface area contributed by atoms with Crippen molar-refractivity contribution in [3.63, 3.8) is 0 Å². The fourth-order valence-electron chi connectivity index (χ4n) is 6.18. The zero-order valence-corrected chi connectivity index (χ0v) is 24.5. The first-order chi connectivity index (χ1) is 18.2. The molecule has 0 aromatic carbocycles. The first kappa shape index (κ1) is 28.2. The molecule has 0 radical (unpaired) electrons. The van der Waals surface area contributed by atoms with Crippen LogP contribution in [0, 0.1) is 0 Å². The molecule has 39 heavy (non-hydrogen) atoms. The number of amides is 2. The maximum atomic E-state index is 13.2. The number of carbonyl (C=O) groups is 4. The minimum Gasteiger partial charge on any atom is -0.424 e. The smallest absolute Gasteiger partial charge is 0.333 e. The maximum Gasteiger partial charge on any atom is 0.333 e. The Hall–Kier alpha value is -2.35. The summed E-state index contributed by atoms with van der Waals surface area (Å²) in [5, 5.41) is -1.35. The van der Waals surface area contributed by atoms with Gasteiger partial charge in [0.25, 0.3) is 5.91 Å². The van der Waals surface area contributed by atoms with E-state index in [1.807, 2.05) is 13.8 Å². The Labute approximate surface area is 232 Å². The number of β-lactam (4-membered cyclic amide) rings is 2. The lowest BCUT2D eigenvalue weighted by Gasteiger charge is -2.42. The number of aliphatic imine (C=N–C) groups is 1. The van der Waals surface area contributed by atoms with Crippen LogP contribution in [0.1, 0.15) is 66.7 Å². The summed E-state index contributed by atoms with van der Waals surface area (Å²) in [6, 6.07) is -2.81. The molecule has 216 valence electrons. The third kappa shape index (κ3) is 4.41. The molecule has 5 aliphatic heterocycles. The van der Waals surface area contributed by atoms with Crippen molar-refractivity contribution in [2.24, 2.45) is 4.99 Å². The van der Waals surface area contributed by atoms with Gasteiger partial charge in [0.2, 0.25) is 12.2 Å². The summed E-state index contributed by atoms with van der Waals surface area (Å²) < 4.78 is 34.1. The maximum absolute atomic E-state index is 13.2. The van der Waals surface area contributed by atoms with Gasteiger partial charge in [0, 0.05) is 24.8 Å². The highest BCUT2D eigenvalue weighted by atomic mass is 32.2. The summed E-state index contributed by atoms with van der Waals surface area (Å²) in [4.78, 5) is 60.6. The minimum atomic E-state index is -3.78. The summed E-state index contributed by atoms with van der Waals surface area (Å²) >= 11 is 1.48. The largest absolute Gasteiger partial charge is 0.424 e. The van der Waals surface area contributed by atoms with Crippen molar-refractivity contribution >= 4 is 51.7 Å². The van der Waals surface area contributed by atoms with Gasteiger partial charge in [0.1, 0.15) is 22.8 Å². The van der Waals surface area contributed by atoms with E-state index in [1.54, 1.807) is 6.34 Å². The molecule has 5 rings (SSSR count). The van der Waals surface area contributed by atoms with Crippen molar-refractivity contribution in [2.45, 2.75) is 111 Å². The van der Waals surface area contributed by atoms with Gasteiger partial charge < -0.3 is 24.2 Å². The molecule has 1 unspecified atom stereocenters. The third-order valence-corrected chi connectivity index (χ3v) is 12.8. The van der Waals surface area contributed by atoms with Gasteiger partial charge in [-0.3, -0.25) is 14.6 Å². The standard InChI is InChI=1S/C25H36N4O8S2/c1-14(37-23(33)19-25(4,5)39(34,35)16-12-15(30)28(16)19)36-22(32)18-24(2,3)38-21-17(20(31)29(18)21)26-13-27-10-8-6-7-9-11-27/h13-14,16-19,21H,6-12H2,1-5H3/t14?,16-,17-,18+,19+,21-/m1/s1. The molecule has 0 bridgehead atoms. The second kappa shape index (κ2) is 9.64. The highest BCUT2D eigenvalue weighted by molar-refractivity contribution is 8.01. The topological polar surface area (TPSA) is 143 Å². The summed E-state index contributed by atoms with van der Waals surface area (Å²) in [6.45, 7) is 9.65. The van der Waals surface area contributed by atoms with Crippen LogP contribution in [-0.4, -0.2) is 111 Å². The van der Waals surface area contributed by atoms with E-state index in [0.29, 0.717) is 0 Å². The van der Waals surface area contributed by atoms with E-state index in [1.165, 1.54) is 50.3 Å². The molecule has 0 aromatic heterocycles. The lowest BCUT2D eigenvalue weighted by Crippen LogP contribution is -2.65. The second-order valence-electron chi connectivity index (χ2n) is 11.9. The molecule has 6 atom stereocenters. The summed E-state index contributed by atoms with van der Waals surface area (Å²) in [6.07, 6.45) is 4.83. The van der Waals surface area contributed by atoms with Crippen molar-refractivity contribution < 1.29 is 37.1 Å². The molecule has 5 aliphatic rings. The Morgan fingerprint density at radius 3 is 2.18 bits per heavy atom. The zero-order valence-electron chi connectivity index (χ0n) is 22.9. The number of carbonyl (C=O) groups excluding carboxylic acids is 4. The molecular formula is C25H36N4O8S2. The zero-order chi connectivity index (χ0) is 28.5. The van der Waals surface area contributed by atoms with Gasteiger partial charge in [-0.25, -0.2) is 18.0 Å². The number of hydrogen-bond acceptors (Lipinski definition) is 10. The second-order valence-corrected chi connectivity index (χ2v) is 16.3. The van der Waals surface area contributed by atoms with Crippen LogP contribution in [0.2, 0.25) is 0 Å². The summed E-state index contributed by atoms with van der Waals surface area (Å²) in [5.41, 5.74) is 0. The Kier molecular flexibility index (Phi) is 6.96. The molecule has 0 N–H and O–H groups in total. The first-order valence-electron chi connectivity index (χ1n) is 13.4. The molecule has 5 fully saturated rings. The molecule has 0 spiro atoms. The molecule has 12 nitrogen and oxygen atoms in total. The Morgan fingerprint density at radius 1 is 1.00 bits per heavy atom. The van der Waals surface area contributed by atoms with E-state index in [2.05, 4.69) is 9.89 Å². The minimum absolute atomic E-state index is 0.164. The van der Waals surface area contributed by atoms with Crippen LogP contribution in [0.15, 0.2) is 4.99 Å². The van der Waals surface area contributed by atoms with Crippen molar-refractivity contribution in [1.29, 1.82) is 0 Å². The van der Waals surface area contributed by atoms with Crippen molar-refractivity contribution in [2.75, 3.05) is 13.1 Å². The number of rotatable bonds is 6. The predicted molar refractivity (Wildman–Crippen MR) is 142 cm³/mol. The first-order valence-corrected chi connectivity index (χ1v) is 15.8. The SMILES string of the molecule is CC(OC(=O)[C@@H]1N2C(=O)[C@@H](N=CN3CCCCCC3)[C@H]2SC1(C)C)OC(=O)[C@@H]1N2C(=O)C[C@H]2S(=O)(=O)C1(C)C. The van der Waals surface area contributed by atoms with Crippen LogP contribution < -0.4 is 0 Å². The highest BCUT2D eigenvalue weighted by Crippen LogP contribution is 2.52. The van der Waals surface area contributed by atoms with Crippen LogP contribution in [-0.2, 0) is 38.5 Å². The monoisotopic (exact) mass is 584 g/mol.